The van der Waals surface area contributed by atoms with Crippen LogP contribution in [0.15, 0.2) is 18.2 Å². The van der Waals surface area contributed by atoms with Crippen LogP contribution in [0.2, 0.25) is 10.0 Å². The summed E-state index contributed by atoms with van der Waals surface area (Å²) in [5.74, 6) is -0.290. The van der Waals surface area contributed by atoms with E-state index >= 15 is 0 Å². The van der Waals surface area contributed by atoms with Crippen molar-refractivity contribution in [3.8, 4) is 0 Å². The summed E-state index contributed by atoms with van der Waals surface area (Å²) in [6.07, 6.45) is 0.473. The summed E-state index contributed by atoms with van der Waals surface area (Å²) in [4.78, 5) is 0. The van der Waals surface area contributed by atoms with Gasteiger partial charge in [-0.3, -0.25) is 0 Å². The van der Waals surface area contributed by atoms with Crippen molar-refractivity contribution >= 4 is 33.2 Å². The van der Waals surface area contributed by atoms with Crippen molar-refractivity contribution in [2.45, 2.75) is 6.42 Å². The molecular formula is C10H13Cl2NO3S. The van der Waals surface area contributed by atoms with E-state index < -0.39 is 16.6 Å². The molecule has 0 bridgehead atoms. The van der Waals surface area contributed by atoms with Crippen LogP contribution in [0, 0.1) is 0 Å². The Balaban J connectivity index is 2.51. The molecule has 1 aromatic carbocycles. The number of rotatable bonds is 6. The predicted octanol–water partition coefficient (Wildman–Crippen LogP) is 1.45. The summed E-state index contributed by atoms with van der Waals surface area (Å²) < 4.78 is 24.8. The summed E-state index contributed by atoms with van der Waals surface area (Å²) >= 11 is 11.7. The highest BCUT2D eigenvalue weighted by molar-refractivity contribution is 7.89. The lowest BCUT2D eigenvalue weighted by molar-refractivity contribution is 0.319. The number of hydrogen-bond donors (Lipinski definition) is 2. The molecule has 0 unspecified atom stereocenters. The smallest absolute Gasteiger partial charge is 0.213 e. The quantitative estimate of drug-likeness (QED) is 0.835. The van der Waals surface area contributed by atoms with Gasteiger partial charge in [0.2, 0.25) is 10.0 Å². The number of sulfonamides is 1. The Kier molecular flexibility index (Phi) is 5.69. The van der Waals surface area contributed by atoms with Crippen LogP contribution < -0.4 is 4.72 Å². The van der Waals surface area contributed by atoms with E-state index in [1.165, 1.54) is 0 Å². The first-order valence-electron chi connectivity index (χ1n) is 4.97. The van der Waals surface area contributed by atoms with Crippen molar-refractivity contribution in [1.82, 2.24) is 4.72 Å². The zero-order valence-electron chi connectivity index (χ0n) is 8.99. The highest BCUT2D eigenvalue weighted by atomic mass is 35.5. The summed E-state index contributed by atoms with van der Waals surface area (Å²) in [7, 11) is -3.39. The predicted molar refractivity (Wildman–Crippen MR) is 69.0 cm³/mol. The van der Waals surface area contributed by atoms with Gasteiger partial charge in [-0.25, -0.2) is 13.1 Å². The van der Waals surface area contributed by atoms with E-state index in [2.05, 4.69) is 4.72 Å². The van der Waals surface area contributed by atoms with E-state index in [1.54, 1.807) is 18.2 Å². The topological polar surface area (TPSA) is 66.4 Å². The van der Waals surface area contributed by atoms with Gasteiger partial charge in [0.05, 0.1) is 12.4 Å². The molecule has 0 saturated heterocycles. The molecule has 0 aliphatic carbocycles. The Morgan fingerprint density at radius 1 is 1.29 bits per heavy atom. The third kappa shape index (κ3) is 5.23. The molecule has 0 fully saturated rings. The normalized spacial score (nSPS) is 11.7. The fourth-order valence-corrected chi connectivity index (χ4v) is 2.56. The van der Waals surface area contributed by atoms with Gasteiger partial charge >= 0.3 is 0 Å². The molecule has 2 N–H and O–H groups in total. The van der Waals surface area contributed by atoms with Gasteiger partial charge in [-0.15, -0.1) is 0 Å². The van der Waals surface area contributed by atoms with Gasteiger partial charge < -0.3 is 5.11 Å². The van der Waals surface area contributed by atoms with Gasteiger partial charge in [-0.2, -0.15) is 0 Å². The molecule has 7 heteroatoms. The second-order valence-electron chi connectivity index (χ2n) is 3.42. The first-order valence-corrected chi connectivity index (χ1v) is 7.37. The van der Waals surface area contributed by atoms with Gasteiger partial charge in [-0.1, -0.05) is 29.3 Å². The van der Waals surface area contributed by atoms with Crippen LogP contribution in [0.4, 0.5) is 0 Å². The first kappa shape index (κ1) is 14.7. The van der Waals surface area contributed by atoms with Crippen LogP contribution in [0.1, 0.15) is 5.56 Å². The Morgan fingerprint density at radius 3 is 2.59 bits per heavy atom. The van der Waals surface area contributed by atoms with Gasteiger partial charge in [0.25, 0.3) is 0 Å². The van der Waals surface area contributed by atoms with E-state index in [1.807, 2.05) is 0 Å². The minimum atomic E-state index is -3.39. The number of aliphatic hydroxyl groups excluding tert-OH is 1. The van der Waals surface area contributed by atoms with Crippen molar-refractivity contribution in [3.63, 3.8) is 0 Å². The molecule has 0 heterocycles. The average molecular weight is 298 g/mol. The van der Waals surface area contributed by atoms with Gasteiger partial charge in [0.15, 0.2) is 0 Å². The molecule has 0 saturated carbocycles. The molecule has 0 radical (unpaired) electrons. The second kappa shape index (κ2) is 6.56. The highest BCUT2D eigenvalue weighted by Gasteiger charge is 2.08. The van der Waals surface area contributed by atoms with Gasteiger partial charge in [-0.05, 0) is 24.1 Å². The van der Waals surface area contributed by atoms with E-state index in [4.69, 9.17) is 28.3 Å². The largest absolute Gasteiger partial charge is 0.395 e. The van der Waals surface area contributed by atoms with E-state index in [0.29, 0.717) is 16.5 Å². The molecule has 0 aliphatic rings. The summed E-state index contributed by atoms with van der Waals surface area (Å²) in [5.41, 5.74) is 0.822. The maximum Gasteiger partial charge on any atom is 0.213 e. The SMILES string of the molecule is O=S(=O)(CCO)NCCc1ccc(Cl)cc1Cl. The first-order chi connectivity index (χ1) is 7.94. The fraction of sp³-hybridized carbons (Fsp3) is 0.400. The summed E-state index contributed by atoms with van der Waals surface area (Å²) in [5, 5.41) is 9.59. The molecule has 0 amide bonds. The standard InChI is InChI=1S/C10H13Cl2NO3S/c11-9-2-1-8(10(12)7-9)3-4-13-17(15,16)6-5-14/h1-2,7,13-14H,3-6H2. The molecule has 96 valence electrons. The van der Waals surface area contributed by atoms with Crippen molar-refractivity contribution in [3.05, 3.63) is 33.8 Å². The second-order valence-corrected chi connectivity index (χ2v) is 6.19. The van der Waals surface area contributed by atoms with Gasteiger partial charge in [0, 0.05) is 16.6 Å². The van der Waals surface area contributed by atoms with Crippen molar-refractivity contribution < 1.29 is 13.5 Å². The molecule has 1 rings (SSSR count). The maximum atomic E-state index is 11.2. The molecule has 0 aromatic heterocycles. The minimum absolute atomic E-state index is 0.240. The van der Waals surface area contributed by atoms with Crippen LogP contribution in [-0.4, -0.2) is 32.4 Å². The molecule has 4 nitrogen and oxygen atoms in total. The van der Waals surface area contributed by atoms with Crippen LogP contribution in [-0.2, 0) is 16.4 Å². The molecule has 0 atom stereocenters. The highest BCUT2D eigenvalue weighted by Crippen LogP contribution is 2.21. The van der Waals surface area contributed by atoms with Crippen molar-refractivity contribution in [2.24, 2.45) is 0 Å². The van der Waals surface area contributed by atoms with Gasteiger partial charge in [0.1, 0.15) is 0 Å². The van der Waals surface area contributed by atoms with Crippen molar-refractivity contribution in [2.75, 3.05) is 18.9 Å². The number of halogens is 2. The lowest BCUT2D eigenvalue weighted by atomic mass is 10.1. The summed E-state index contributed by atoms with van der Waals surface area (Å²) in [6, 6.07) is 5.07. The third-order valence-corrected chi connectivity index (χ3v) is 4.04. The Bertz CT molecular complexity index is 476. The van der Waals surface area contributed by atoms with E-state index in [9.17, 15) is 8.42 Å². The van der Waals surface area contributed by atoms with Crippen molar-refractivity contribution in [1.29, 1.82) is 0 Å². The summed E-state index contributed by atoms with van der Waals surface area (Å²) in [6.45, 7) is -0.152. The van der Waals surface area contributed by atoms with E-state index in [-0.39, 0.29) is 12.3 Å². The number of benzene rings is 1. The zero-order valence-corrected chi connectivity index (χ0v) is 11.3. The van der Waals surface area contributed by atoms with Crippen LogP contribution in [0.3, 0.4) is 0 Å². The lowest BCUT2D eigenvalue weighted by Gasteiger charge is -2.07. The van der Waals surface area contributed by atoms with Crippen LogP contribution in [0.5, 0.6) is 0 Å². The van der Waals surface area contributed by atoms with Crippen LogP contribution >= 0.6 is 23.2 Å². The third-order valence-electron chi connectivity index (χ3n) is 2.09. The minimum Gasteiger partial charge on any atom is -0.395 e. The maximum absolute atomic E-state index is 11.2. The Morgan fingerprint density at radius 2 is 2.00 bits per heavy atom. The number of nitrogens with one attached hydrogen (secondary N) is 1. The van der Waals surface area contributed by atoms with Crippen LogP contribution in [0.25, 0.3) is 0 Å². The fourth-order valence-electron chi connectivity index (χ4n) is 1.26. The Labute approximate surface area is 111 Å². The zero-order chi connectivity index (χ0) is 12.9. The molecular weight excluding hydrogens is 285 g/mol. The monoisotopic (exact) mass is 297 g/mol. The molecule has 0 aliphatic heterocycles. The average Bonchev–Trinajstić information content (AvgIpc) is 2.21. The number of hydrogen-bond acceptors (Lipinski definition) is 3. The molecule has 17 heavy (non-hydrogen) atoms. The Hall–Kier alpha value is -0.330. The molecule has 0 spiro atoms. The number of aliphatic hydroxyl groups is 1. The molecule has 1 aromatic rings. The lowest BCUT2D eigenvalue weighted by Crippen LogP contribution is -2.29. The van der Waals surface area contributed by atoms with E-state index in [0.717, 1.165) is 5.56 Å².